The highest BCUT2D eigenvalue weighted by Crippen LogP contribution is 2.29. The molecule has 0 spiro atoms. The number of fused-ring (bicyclic) bond motifs is 1. The first-order valence-electron chi connectivity index (χ1n) is 5.77. The summed E-state index contributed by atoms with van der Waals surface area (Å²) in [5, 5.41) is 0.499. The lowest BCUT2D eigenvalue weighted by Crippen LogP contribution is -2.11. The van der Waals surface area contributed by atoms with Gasteiger partial charge in [-0.25, -0.2) is 16.8 Å². The van der Waals surface area contributed by atoms with E-state index in [9.17, 15) is 12.8 Å². The van der Waals surface area contributed by atoms with E-state index in [0.29, 0.717) is 5.39 Å². The van der Waals surface area contributed by atoms with Gasteiger partial charge in [0.2, 0.25) is 0 Å². The number of halogens is 2. The van der Waals surface area contributed by atoms with Crippen LogP contribution in [0.15, 0.2) is 59.6 Å². The van der Waals surface area contributed by atoms with Gasteiger partial charge in [0, 0.05) is 11.6 Å². The SMILES string of the molecule is O=S(=O)(c1ccccc1)n1ccc2cc(F)cc(Cl)c21. The summed E-state index contributed by atoms with van der Waals surface area (Å²) in [6.07, 6.45) is 1.37. The van der Waals surface area contributed by atoms with Gasteiger partial charge < -0.3 is 0 Å². The van der Waals surface area contributed by atoms with Gasteiger partial charge in [0.1, 0.15) is 5.82 Å². The van der Waals surface area contributed by atoms with Crippen molar-refractivity contribution in [2.45, 2.75) is 4.90 Å². The molecule has 0 atom stereocenters. The van der Waals surface area contributed by atoms with E-state index in [-0.39, 0.29) is 15.4 Å². The predicted molar refractivity (Wildman–Crippen MR) is 75.9 cm³/mol. The number of hydrogen-bond acceptors (Lipinski definition) is 2. The van der Waals surface area contributed by atoms with Crippen LogP contribution in [-0.2, 0) is 10.0 Å². The molecular formula is C14H9ClFNO2S. The van der Waals surface area contributed by atoms with E-state index in [1.807, 2.05) is 0 Å². The lowest BCUT2D eigenvalue weighted by Gasteiger charge is -2.08. The molecule has 0 saturated heterocycles. The van der Waals surface area contributed by atoms with Crippen molar-refractivity contribution in [2.75, 3.05) is 0 Å². The quantitative estimate of drug-likeness (QED) is 0.724. The number of rotatable bonds is 2. The maximum absolute atomic E-state index is 13.3. The second-order valence-corrected chi connectivity index (χ2v) is 6.48. The van der Waals surface area contributed by atoms with Crippen LogP contribution >= 0.6 is 11.6 Å². The molecule has 0 radical (unpaired) electrons. The molecule has 0 amide bonds. The summed E-state index contributed by atoms with van der Waals surface area (Å²) < 4.78 is 39.5. The third-order valence-electron chi connectivity index (χ3n) is 2.97. The van der Waals surface area contributed by atoms with E-state index in [4.69, 9.17) is 11.6 Å². The van der Waals surface area contributed by atoms with E-state index in [1.165, 1.54) is 30.5 Å². The summed E-state index contributed by atoms with van der Waals surface area (Å²) >= 11 is 5.98. The predicted octanol–water partition coefficient (Wildman–Crippen LogP) is 3.67. The maximum atomic E-state index is 13.3. The van der Waals surface area contributed by atoms with Crippen LogP contribution in [0, 0.1) is 5.82 Å². The minimum Gasteiger partial charge on any atom is -0.240 e. The molecule has 3 aromatic rings. The molecule has 6 heteroatoms. The number of aromatic nitrogens is 1. The molecule has 0 aliphatic carbocycles. The largest absolute Gasteiger partial charge is 0.268 e. The zero-order valence-corrected chi connectivity index (χ0v) is 11.7. The Labute approximate surface area is 120 Å². The smallest absolute Gasteiger partial charge is 0.240 e. The van der Waals surface area contributed by atoms with Gasteiger partial charge in [-0.1, -0.05) is 29.8 Å². The van der Waals surface area contributed by atoms with E-state index in [2.05, 4.69) is 0 Å². The number of hydrogen-bond donors (Lipinski definition) is 0. The zero-order chi connectivity index (χ0) is 14.3. The molecule has 20 heavy (non-hydrogen) atoms. The lowest BCUT2D eigenvalue weighted by molar-refractivity contribution is 0.589. The van der Waals surface area contributed by atoms with Gasteiger partial charge in [-0.05, 0) is 30.3 Å². The van der Waals surface area contributed by atoms with E-state index < -0.39 is 15.8 Å². The first-order chi connectivity index (χ1) is 9.50. The minimum atomic E-state index is -3.75. The van der Waals surface area contributed by atoms with E-state index in [0.717, 1.165) is 10.0 Å². The van der Waals surface area contributed by atoms with Crippen LogP contribution in [0.5, 0.6) is 0 Å². The van der Waals surface area contributed by atoms with Crippen LogP contribution in [0.1, 0.15) is 0 Å². The minimum absolute atomic E-state index is 0.0597. The summed E-state index contributed by atoms with van der Waals surface area (Å²) in [7, 11) is -3.75. The van der Waals surface area contributed by atoms with Gasteiger partial charge in [-0.2, -0.15) is 0 Å². The fourth-order valence-corrected chi connectivity index (χ4v) is 3.82. The Morgan fingerprint density at radius 1 is 1.05 bits per heavy atom. The van der Waals surface area contributed by atoms with E-state index >= 15 is 0 Å². The normalized spacial score (nSPS) is 11.9. The Hall–Kier alpha value is -1.85. The fourth-order valence-electron chi connectivity index (χ4n) is 2.07. The fraction of sp³-hybridized carbons (Fsp3) is 0. The molecule has 0 N–H and O–H groups in total. The summed E-state index contributed by atoms with van der Waals surface area (Å²) in [5.41, 5.74) is 0.275. The average molecular weight is 310 g/mol. The molecule has 1 aromatic heterocycles. The van der Waals surface area contributed by atoms with Crippen LogP contribution in [0.4, 0.5) is 4.39 Å². The van der Waals surface area contributed by atoms with E-state index in [1.54, 1.807) is 18.2 Å². The van der Waals surface area contributed by atoms with Crippen molar-refractivity contribution in [1.82, 2.24) is 3.97 Å². The van der Waals surface area contributed by atoms with Crippen molar-refractivity contribution >= 4 is 32.5 Å². The van der Waals surface area contributed by atoms with Crippen molar-refractivity contribution in [1.29, 1.82) is 0 Å². The average Bonchev–Trinajstić information content (AvgIpc) is 2.84. The summed E-state index contributed by atoms with van der Waals surface area (Å²) in [5.74, 6) is -0.502. The van der Waals surface area contributed by atoms with Gasteiger partial charge in [0.15, 0.2) is 0 Å². The summed E-state index contributed by atoms with van der Waals surface area (Å²) in [4.78, 5) is 0.151. The Balaban J connectivity index is 2.31. The summed E-state index contributed by atoms with van der Waals surface area (Å²) in [6.45, 7) is 0. The zero-order valence-electron chi connectivity index (χ0n) is 10.1. The molecular weight excluding hydrogens is 301 g/mol. The Kier molecular flexibility index (Phi) is 3.03. The van der Waals surface area contributed by atoms with Gasteiger partial charge in [0.25, 0.3) is 10.0 Å². The molecule has 1 heterocycles. The molecule has 102 valence electrons. The number of benzene rings is 2. The molecule has 0 aliphatic rings. The van der Waals surface area contributed by atoms with Crippen molar-refractivity contribution < 1.29 is 12.8 Å². The first kappa shape index (κ1) is 13.1. The molecule has 0 bridgehead atoms. The van der Waals surface area contributed by atoms with Crippen LogP contribution < -0.4 is 0 Å². The third-order valence-corrected chi connectivity index (χ3v) is 4.95. The molecule has 0 fully saturated rings. The highest BCUT2D eigenvalue weighted by molar-refractivity contribution is 7.90. The van der Waals surface area contributed by atoms with Crippen molar-refractivity contribution in [2.24, 2.45) is 0 Å². The first-order valence-corrected chi connectivity index (χ1v) is 7.59. The van der Waals surface area contributed by atoms with Gasteiger partial charge in [-0.3, -0.25) is 0 Å². The third kappa shape index (κ3) is 1.99. The molecule has 0 saturated carbocycles. The standard InChI is InChI=1S/C14H9ClFNO2S/c15-13-9-11(16)8-10-6-7-17(14(10)13)20(18,19)12-4-2-1-3-5-12/h1-9H. The molecule has 2 aromatic carbocycles. The second-order valence-electron chi connectivity index (χ2n) is 4.26. The van der Waals surface area contributed by atoms with Crippen LogP contribution in [-0.4, -0.2) is 12.4 Å². The Morgan fingerprint density at radius 2 is 1.75 bits per heavy atom. The van der Waals surface area contributed by atoms with Gasteiger partial charge in [-0.15, -0.1) is 0 Å². The van der Waals surface area contributed by atoms with Crippen molar-refractivity contribution in [3.05, 3.63) is 65.6 Å². The topological polar surface area (TPSA) is 39.1 Å². The number of nitrogens with zero attached hydrogens (tertiary/aromatic N) is 1. The van der Waals surface area contributed by atoms with Crippen molar-refractivity contribution in [3.63, 3.8) is 0 Å². The van der Waals surface area contributed by atoms with Crippen LogP contribution in [0.25, 0.3) is 10.9 Å². The van der Waals surface area contributed by atoms with Crippen LogP contribution in [0.3, 0.4) is 0 Å². The summed E-state index contributed by atoms with van der Waals surface area (Å²) in [6, 6.07) is 11.9. The highest BCUT2D eigenvalue weighted by atomic mass is 35.5. The Bertz CT molecular complexity index is 888. The molecule has 0 aliphatic heterocycles. The highest BCUT2D eigenvalue weighted by Gasteiger charge is 2.20. The van der Waals surface area contributed by atoms with Gasteiger partial charge >= 0.3 is 0 Å². The van der Waals surface area contributed by atoms with Crippen LogP contribution in [0.2, 0.25) is 5.02 Å². The molecule has 0 unspecified atom stereocenters. The molecule has 3 nitrogen and oxygen atoms in total. The lowest BCUT2D eigenvalue weighted by atomic mass is 10.2. The Morgan fingerprint density at radius 3 is 2.45 bits per heavy atom. The molecule has 3 rings (SSSR count). The monoisotopic (exact) mass is 309 g/mol. The van der Waals surface area contributed by atoms with Gasteiger partial charge in [0.05, 0.1) is 15.4 Å². The van der Waals surface area contributed by atoms with Crippen molar-refractivity contribution in [3.8, 4) is 0 Å². The maximum Gasteiger partial charge on any atom is 0.268 e. The second kappa shape index (κ2) is 4.61.